The molecule has 19 nitrogen and oxygen atoms in total. The molecule has 0 saturated carbocycles. The largest absolute Gasteiger partial charge is 0.489 e. The minimum Gasteiger partial charge on any atom is -0.489 e. The van der Waals surface area contributed by atoms with Gasteiger partial charge in [-0.1, -0.05) is 227 Å². The molecule has 652 valence electrons. The van der Waals surface area contributed by atoms with E-state index in [0.29, 0.717) is 73.3 Å². The van der Waals surface area contributed by atoms with E-state index in [1.54, 1.807) is 106 Å². The number of nitrogens with zero attached hydrogens (tertiary/aromatic N) is 5. The summed E-state index contributed by atoms with van der Waals surface area (Å²) in [4.78, 5) is 64.8. The van der Waals surface area contributed by atoms with Crippen molar-refractivity contribution < 1.29 is 69.7 Å². The maximum absolute atomic E-state index is 14.0. The van der Waals surface area contributed by atoms with Gasteiger partial charge in [-0.2, -0.15) is 0 Å². The topological polar surface area (TPSA) is 210 Å². The molecule has 0 aliphatic carbocycles. The van der Waals surface area contributed by atoms with Gasteiger partial charge in [-0.05, 0) is 135 Å². The van der Waals surface area contributed by atoms with Gasteiger partial charge in [-0.25, -0.2) is 21.8 Å². The van der Waals surface area contributed by atoms with Crippen molar-refractivity contribution in [1.82, 2.24) is 19.2 Å². The minimum atomic E-state index is -1.67. The third-order valence-electron chi connectivity index (χ3n) is 18.0. The predicted octanol–water partition coefficient (Wildman–Crippen LogP) is 20.9. The van der Waals surface area contributed by atoms with Crippen molar-refractivity contribution in [3.8, 4) is 34.5 Å². The van der Waals surface area contributed by atoms with Gasteiger partial charge in [-0.3, -0.25) is 38.3 Å². The molecule has 126 heavy (non-hydrogen) atoms. The number of amides is 2. The number of fused-ring (bicyclic) bond motifs is 2. The quantitative estimate of drug-likeness (QED) is 0.0141. The van der Waals surface area contributed by atoms with Gasteiger partial charge in [0.25, 0.3) is 11.8 Å². The smallest absolute Gasteiger partial charge is 0.278 e. The number of aromatic nitrogens is 2. The maximum Gasteiger partial charge on any atom is 0.278 e. The predicted molar refractivity (Wildman–Crippen MR) is 493 cm³/mol. The summed E-state index contributed by atoms with van der Waals surface area (Å²) in [6, 6.07) is 74.7. The van der Waals surface area contributed by atoms with Crippen molar-refractivity contribution in [2.75, 3.05) is 63.3 Å². The molecular weight excluding hydrogens is 1760 g/mol. The average molecular weight is 1850 g/mol. The van der Waals surface area contributed by atoms with E-state index in [0.717, 1.165) is 43.6 Å². The van der Waals surface area contributed by atoms with Gasteiger partial charge in [0, 0.05) is 81.2 Å². The van der Waals surface area contributed by atoms with Crippen LogP contribution < -0.4 is 49.7 Å². The number of benzene rings is 10. The summed E-state index contributed by atoms with van der Waals surface area (Å²) >= 11 is 9.81. The molecule has 2 aromatic heterocycles. The van der Waals surface area contributed by atoms with Gasteiger partial charge >= 0.3 is 0 Å². The zero-order valence-electron chi connectivity index (χ0n) is 68.2. The molecule has 0 bridgehead atoms. The van der Waals surface area contributed by atoms with E-state index in [2.05, 4.69) is 82.2 Å². The van der Waals surface area contributed by atoms with E-state index in [-0.39, 0.29) is 102 Å². The van der Waals surface area contributed by atoms with Crippen molar-refractivity contribution >= 4 is 76.2 Å². The Labute approximate surface area is 753 Å². The van der Waals surface area contributed by atoms with Crippen LogP contribution in [0, 0.1) is 23.3 Å². The first-order valence-electron chi connectivity index (χ1n) is 38.7. The standard InChI is InChI=1S/C33H30FN3O4.C17H17N3O3.C16H14ClFO.C16H15FO2.C9H9BrO.C7H5FO.Cl2OS/c1-3-19-35-23-37(30(25-14-16-26(34)17-15-25)27-12-8-9-13-29(27)40-21-4-2)36-20-18-28(38)32(31(36)33(35)39)41-22-24-10-6-5-7-11-24;1-2-9-19-12-18-20-10-8-14(21)16(15(20)17(19)22)23-11-13-6-4-3-5-7-13;1-2-11-19-15-6-4-3-5-14(15)16(17)12-7-9-13(18)10-8-12;1-2-11-19-15-6-4-3-5-14(15)16(18)12-7-9-13(17)10-8-12;1-2-7-11-9-6-4-3-5-8(9)10;8-7-3-1-6(5-9)2-4-7;1-4(2)3/h3-18,20,30H,1-2,19,21-23H2;2-8,10,18H,1,9,11-12H2;2-10,16H,1,11H2;2-10,16,18H,1,11H2;2-6H,1,7H2;1-5H;. The van der Waals surface area contributed by atoms with Crippen molar-refractivity contribution in [3.05, 3.63) is 465 Å². The molecule has 10 aromatic carbocycles. The normalized spacial score (nSPS) is 12.1. The Bertz CT molecular complexity index is 5610. The van der Waals surface area contributed by atoms with Gasteiger partial charge in [-0.15, -0.1) is 24.8 Å². The molecule has 12 aromatic rings. The number of aliphatic hydroxyl groups is 1. The lowest BCUT2D eigenvalue weighted by molar-refractivity contribution is 0.0696. The lowest BCUT2D eigenvalue weighted by Gasteiger charge is -2.44. The second kappa shape index (κ2) is 52.4. The average Bonchev–Trinajstić information content (AvgIpc) is 0.743. The van der Waals surface area contributed by atoms with Crippen molar-refractivity contribution in [3.63, 3.8) is 0 Å². The van der Waals surface area contributed by atoms with Gasteiger partial charge in [0.2, 0.25) is 20.1 Å². The van der Waals surface area contributed by atoms with E-state index in [1.165, 1.54) is 83.7 Å². The molecule has 3 unspecified atom stereocenters. The summed E-state index contributed by atoms with van der Waals surface area (Å²) in [7, 11) is 7.36. The van der Waals surface area contributed by atoms with Crippen LogP contribution >= 0.6 is 48.9 Å². The Morgan fingerprint density at radius 1 is 0.444 bits per heavy atom. The summed E-state index contributed by atoms with van der Waals surface area (Å²) in [5, 5.41) is 11.9. The third-order valence-corrected chi connectivity index (χ3v) is 19.1. The first kappa shape index (κ1) is 98.2. The zero-order valence-corrected chi connectivity index (χ0v) is 72.8. The Balaban J connectivity index is 0.000000198. The second-order valence-corrected chi connectivity index (χ2v) is 30.4. The maximum atomic E-state index is 14.0. The van der Waals surface area contributed by atoms with Crippen molar-refractivity contribution in [2.24, 2.45) is 0 Å². The van der Waals surface area contributed by atoms with Crippen LogP contribution in [-0.2, 0) is 22.4 Å². The van der Waals surface area contributed by atoms with Crippen LogP contribution in [0.1, 0.15) is 93.4 Å². The number of pyridine rings is 2. The molecule has 0 spiro atoms. The highest BCUT2D eigenvalue weighted by Crippen LogP contribution is 2.39. The van der Waals surface area contributed by atoms with Gasteiger partial charge < -0.3 is 48.8 Å². The van der Waals surface area contributed by atoms with Crippen LogP contribution in [0.4, 0.5) is 17.6 Å². The molecule has 2 amide bonds. The molecule has 2 aliphatic heterocycles. The number of halogens is 8. The molecule has 3 atom stereocenters. The SMILES string of the molecule is C=CCN1CNn2ccc(=O)c(OCc3ccccc3)c2C1=O.C=CCOc1ccccc1Br.C=CCOc1ccccc1C(Cl)c1ccc(F)cc1.C=CCOc1ccccc1C(O)c1ccc(F)cc1.C=CCOc1ccccc1C(c1ccc(F)cc1)N1CN(CC=C)C(=O)c2c(OCc3ccccc3)c(=O)ccn21.O=Cc1ccc(F)cc1.O=S(Cl)Cl. The molecule has 2 aliphatic rings. The summed E-state index contributed by atoms with van der Waals surface area (Å²) in [6.45, 7) is 25.1. The zero-order chi connectivity index (χ0) is 90.7. The molecule has 0 saturated heterocycles. The number of hydrogen-bond acceptors (Lipinski definition) is 15. The van der Waals surface area contributed by atoms with Crippen LogP contribution in [-0.4, -0.2) is 99.4 Å². The van der Waals surface area contributed by atoms with Crippen molar-refractivity contribution in [2.45, 2.75) is 30.7 Å². The number of para-hydroxylation sites is 4. The number of ether oxygens (including phenoxy) is 6. The van der Waals surface area contributed by atoms with E-state index in [4.69, 9.17) is 44.2 Å². The second-order valence-electron chi connectivity index (χ2n) is 26.6. The summed E-state index contributed by atoms with van der Waals surface area (Å²) in [5.41, 5.74) is 9.40. The number of hydrogen-bond donors (Lipinski definition) is 2. The number of nitrogens with one attached hydrogen (secondary N) is 1. The van der Waals surface area contributed by atoms with Crippen LogP contribution in [0.2, 0.25) is 0 Å². The molecule has 0 fully saturated rings. The monoisotopic (exact) mass is 1850 g/mol. The summed E-state index contributed by atoms with van der Waals surface area (Å²) < 4.78 is 99.3. The highest BCUT2D eigenvalue weighted by atomic mass is 79.9. The van der Waals surface area contributed by atoms with E-state index in [9.17, 15) is 46.6 Å². The molecule has 2 N–H and O–H groups in total. The molecular formula is C98H90BrCl3F4N6O13S. The fourth-order valence-corrected chi connectivity index (χ4v) is 12.9. The highest BCUT2D eigenvalue weighted by molar-refractivity contribution is 9.10. The minimum absolute atomic E-state index is 0.0471. The Hall–Kier alpha value is -13.3. The number of rotatable bonds is 30. The van der Waals surface area contributed by atoms with Crippen LogP contribution in [0.25, 0.3) is 0 Å². The number of carbonyl (C=O) groups is 3. The van der Waals surface area contributed by atoms with Gasteiger partial charge in [0.1, 0.15) is 118 Å². The molecule has 0 radical (unpaired) electrons. The Kier molecular flexibility index (Phi) is 40.8. The summed E-state index contributed by atoms with van der Waals surface area (Å²) in [5.74, 6) is 0.871. The number of aldehydes is 1. The first-order chi connectivity index (χ1) is 61.1. The van der Waals surface area contributed by atoms with Crippen LogP contribution in [0.5, 0.6) is 34.5 Å². The van der Waals surface area contributed by atoms with E-state index < -0.39 is 26.8 Å². The highest BCUT2D eigenvalue weighted by Gasteiger charge is 2.38. The lowest BCUT2D eigenvalue weighted by atomic mass is 9.97. The first-order valence-corrected chi connectivity index (χ1v) is 42.8. The molecule has 14 rings (SSSR count). The van der Waals surface area contributed by atoms with Gasteiger partial charge in [0.05, 0.1) is 9.85 Å². The number of carbonyl (C=O) groups excluding carboxylic acids is 3. The van der Waals surface area contributed by atoms with Gasteiger partial charge in [0.15, 0.2) is 22.9 Å². The number of aliphatic hydroxyl groups excluding tert-OH is 1. The van der Waals surface area contributed by atoms with Crippen molar-refractivity contribution in [1.29, 1.82) is 0 Å². The molecule has 28 heteroatoms. The Morgan fingerprint density at radius 3 is 1.30 bits per heavy atom. The fourth-order valence-electron chi connectivity index (χ4n) is 12.1. The Morgan fingerprint density at radius 2 is 0.825 bits per heavy atom. The van der Waals surface area contributed by atoms with E-state index in [1.807, 2.05) is 151 Å². The summed E-state index contributed by atoms with van der Waals surface area (Å²) in [6.07, 6.45) is 12.9. The van der Waals surface area contributed by atoms with E-state index >= 15 is 0 Å². The molecule has 4 heterocycles. The number of alkyl halides is 1. The third kappa shape index (κ3) is 29.7. The lowest BCUT2D eigenvalue weighted by Crippen LogP contribution is -2.55. The van der Waals surface area contributed by atoms with Crippen LogP contribution in [0.15, 0.2) is 369 Å². The van der Waals surface area contributed by atoms with Crippen LogP contribution in [0.3, 0.4) is 0 Å². The fraction of sp³-hybridized carbons (Fsp3) is 0.133.